The molecule has 0 bridgehead atoms. The van der Waals surface area contributed by atoms with Crippen molar-refractivity contribution in [2.75, 3.05) is 26.2 Å². The van der Waals surface area contributed by atoms with Crippen molar-refractivity contribution in [3.8, 4) is 0 Å². The summed E-state index contributed by atoms with van der Waals surface area (Å²) in [6, 6.07) is 8.26. The van der Waals surface area contributed by atoms with Crippen molar-refractivity contribution in [2.45, 2.75) is 40.0 Å². The first-order valence-corrected chi connectivity index (χ1v) is 7.63. The number of quaternary nitrogens is 1. The van der Waals surface area contributed by atoms with E-state index in [2.05, 4.69) is 32.9 Å². The molecule has 0 aliphatic carbocycles. The van der Waals surface area contributed by atoms with Gasteiger partial charge in [-0.3, -0.25) is 0 Å². The molecule has 0 heterocycles. The third kappa shape index (κ3) is 4.62. The zero-order chi connectivity index (χ0) is 13.4. The summed E-state index contributed by atoms with van der Waals surface area (Å²) < 4.78 is 1.26. The molecule has 0 aliphatic heterocycles. The fourth-order valence-electron chi connectivity index (χ4n) is 2.57. The number of hydrogen-bond donors (Lipinski definition) is 0. The molecule has 0 unspecified atom stereocenters. The van der Waals surface area contributed by atoms with Crippen molar-refractivity contribution in [3.63, 3.8) is 0 Å². The minimum Gasteiger partial charge on any atom is -0.324 e. The van der Waals surface area contributed by atoms with Crippen molar-refractivity contribution in [3.05, 3.63) is 34.9 Å². The summed E-state index contributed by atoms with van der Waals surface area (Å²) in [6.45, 7) is 12.0. The Hall–Kier alpha value is -0.530. The lowest BCUT2D eigenvalue weighted by Crippen LogP contribution is -2.48. The minimum absolute atomic E-state index is 0.831. The van der Waals surface area contributed by atoms with Gasteiger partial charge >= 0.3 is 0 Å². The molecule has 18 heavy (non-hydrogen) atoms. The SMILES string of the molecule is CC[N+](CC)(CC)CCCCc1ccc(Cl)cc1. The number of benzene rings is 1. The second-order valence-electron chi connectivity index (χ2n) is 5.10. The lowest BCUT2D eigenvalue weighted by Gasteiger charge is -2.35. The van der Waals surface area contributed by atoms with Gasteiger partial charge < -0.3 is 4.48 Å². The van der Waals surface area contributed by atoms with Crippen LogP contribution in [0.15, 0.2) is 24.3 Å². The summed E-state index contributed by atoms with van der Waals surface area (Å²) in [6.07, 6.45) is 3.77. The van der Waals surface area contributed by atoms with Crippen LogP contribution >= 0.6 is 11.6 Å². The van der Waals surface area contributed by atoms with Crippen molar-refractivity contribution in [1.29, 1.82) is 0 Å². The summed E-state index contributed by atoms with van der Waals surface area (Å²) in [4.78, 5) is 0. The number of rotatable bonds is 8. The Bertz CT molecular complexity index is 319. The lowest BCUT2D eigenvalue weighted by molar-refractivity contribution is -0.923. The molecule has 0 fully saturated rings. The van der Waals surface area contributed by atoms with Crippen LogP contribution in [-0.2, 0) is 6.42 Å². The van der Waals surface area contributed by atoms with Crippen molar-refractivity contribution < 1.29 is 4.48 Å². The van der Waals surface area contributed by atoms with Gasteiger partial charge in [0, 0.05) is 5.02 Å². The fraction of sp³-hybridized carbons (Fsp3) is 0.625. The predicted molar refractivity (Wildman–Crippen MR) is 81.1 cm³/mol. The first-order valence-electron chi connectivity index (χ1n) is 7.25. The van der Waals surface area contributed by atoms with Crippen LogP contribution in [0.1, 0.15) is 39.2 Å². The van der Waals surface area contributed by atoms with E-state index in [4.69, 9.17) is 11.6 Å². The monoisotopic (exact) mass is 268 g/mol. The zero-order valence-corrected chi connectivity index (χ0v) is 12.8. The molecular weight excluding hydrogens is 242 g/mol. The number of aryl methyl sites for hydroxylation is 1. The predicted octanol–water partition coefficient (Wildman–Crippen LogP) is 4.54. The van der Waals surface area contributed by atoms with E-state index in [-0.39, 0.29) is 0 Å². The Labute approximate surface area is 117 Å². The molecule has 1 nitrogen and oxygen atoms in total. The molecular formula is C16H27ClN+. The second kappa shape index (κ2) is 7.81. The minimum atomic E-state index is 0.831. The van der Waals surface area contributed by atoms with E-state index in [1.807, 2.05) is 12.1 Å². The Morgan fingerprint density at radius 2 is 1.44 bits per heavy atom. The molecule has 0 aromatic heterocycles. The van der Waals surface area contributed by atoms with Gasteiger partial charge in [-0.25, -0.2) is 0 Å². The van der Waals surface area contributed by atoms with Crippen LogP contribution < -0.4 is 0 Å². The van der Waals surface area contributed by atoms with Crippen LogP contribution in [0.5, 0.6) is 0 Å². The number of halogens is 1. The smallest absolute Gasteiger partial charge is 0.0786 e. The van der Waals surface area contributed by atoms with E-state index in [1.165, 1.54) is 55.5 Å². The number of hydrogen-bond acceptors (Lipinski definition) is 0. The third-order valence-corrected chi connectivity index (χ3v) is 4.53. The highest BCUT2D eigenvalue weighted by Gasteiger charge is 2.19. The normalized spacial score (nSPS) is 11.8. The van der Waals surface area contributed by atoms with Gasteiger partial charge in [0.25, 0.3) is 0 Å². The first kappa shape index (κ1) is 15.5. The van der Waals surface area contributed by atoms with Crippen LogP contribution in [0.25, 0.3) is 0 Å². The molecule has 0 amide bonds. The van der Waals surface area contributed by atoms with Crippen LogP contribution in [0.2, 0.25) is 5.02 Å². The molecule has 1 rings (SSSR count). The molecule has 0 saturated carbocycles. The average Bonchev–Trinajstić information content (AvgIpc) is 2.42. The highest BCUT2D eigenvalue weighted by Crippen LogP contribution is 2.13. The Kier molecular flexibility index (Phi) is 6.73. The molecule has 0 atom stereocenters. The van der Waals surface area contributed by atoms with Gasteiger partial charge in [0.1, 0.15) is 0 Å². The average molecular weight is 269 g/mol. The highest BCUT2D eigenvalue weighted by atomic mass is 35.5. The van der Waals surface area contributed by atoms with Gasteiger partial charge in [0.2, 0.25) is 0 Å². The van der Waals surface area contributed by atoms with Crippen LogP contribution in [0.3, 0.4) is 0 Å². The van der Waals surface area contributed by atoms with Gasteiger partial charge in [-0.15, -0.1) is 0 Å². The second-order valence-corrected chi connectivity index (χ2v) is 5.53. The number of unbranched alkanes of at least 4 members (excludes halogenated alkanes) is 1. The van der Waals surface area contributed by atoms with Gasteiger partial charge in [-0.1, -0.05) is 23.7 Å². The molecule has 2 heteroatoms. The maximum atomic E-state index is 5.89. The fourth-order valence-corrected chi connectivity index (χ4v) is 2.70. The first-order chi connectivity index (χ1) is 8.65. The van der Waals surface area contributed by atoms with Crippen LogP contribution in [0, 0.1) is 0 Å². The standard InChI is InChI=1S/C16H27ClN/c1-4-18(5-2,6-3)14-8-7-9-15-10-12-16(17)13-11-15/h10-13H,4-9,14H2,1-3H3/q+1. The molecule has 0 spiro atoms. The summed E-state index contributed by atoms with van der Waals surface area (Å²) in [5, 5.41) is 0.831. The molecule has 0 radical (unpaired) electrons. The van der Waals surface area contributed by atoms with E-state index in [0.29, 0.717) is 0 Å². The quantitative estimate of drug-likeness (QED) is 0.480. The van der Waals surface area contributed by atoms with Gasteiger partial charge in [0.05, 0.1) is 26.2 Å². The van der Waals surface area contributed by atoms with E-state index in [1.54, 1.807) is 0 Å². The zero-order valence-electron chi connectivity index (χ0n) is 12.1. The van der Waals surface area contributed by atoms with Gasteiger partial charge in [-0.2, -0.15) is 0 Å². The van der Waals surface area contributed by atoms with Crippen molar-refractivity contribution >= 4 is 11.6 Å². The lowest BCUT2D eigenvalue weighted by atomic mass is 10.1. The molecule has 0 saturated heterocycles. The van der Waals surface area contributed by atoms with Gasteiger partial charge in [0.15, 0.2) is 0 Å². The number of nitrogens with zero attached hydrogens (tertiary/aromatic N) is 1. The summed E-state index contributed by atoms with van der Waals surface area (Å²) in [5.74, 6) is 0. The summed E-state index contributed by atoms with van der Waals surface area (Å²) in [5.41, 5.74) is 1.40. The van der Waals surface area contributed by atoms with Crippen molar-refractivity contribution in [2.24, 2.45) is 0 Å². The van der Waals surface area contributed by atoms with Crippen LogP contribution in [0.4, 0.5) is 0 Å². The summed E-state index contributed by atoms with van der Waals surface area (Å²) >= 11 is 5.89. The van der Waals surface area contributed by atoms with E-state index >= 15 is 0 Å². The Morgan fingerprint density at radius 3 is 1.94 bits per heavy atom. The topological polar surface area (TPSA) is 0 Å². The molecule has 1 aromatic carbocycles. The third-order valence-electron chi connectivity index (χ3n) is 4.27. The molecule has 0 N–H and O–H groups in total. The molecule has 0 aliphatic rings. The highest BCUT2D eigenvalue weighted by molar-refractivity contribution is 6.30. The largest absolute Gasteiger partial charge is 0.324 e. The van der Waals surface area contributed by atoms with E-state index < -0.39 is 0 Å². The maximum Gasteiger partial charge on any atom is 0.0786 e. The van der Waals surface area contributed by atoms with Crippen LogP contribution in [-0.4, -0.2) is 30.7 Å². The maximum absolute atomic E-state index is 5.89. The Balaban J connectivity index is 2.31. The molecule has 102 valence electrons. The Morgan fingerprint density at radius 1 is 0.889 bits per heavy atom. The van der Waals surface area contributed by atoms with E-state index in [9.17, 15) is 0 Å². The van der Waals surface area contributed by atoms with Gasteiger partial charge in [-0.05, 0) is 57.7 Å². The molecule has 1 aromatic rings. The summed E-state index contributed by atoms with van der Waals surface area (Å²) in [7, 11) is 0. The van der Waals surface area contributed by atoms with Crippen molar-refractivity contribution in [1.82, 2.24) is 0 Å². The van der Waals surface area contributed by atoms with E-state index in [0.717, 1.165) is 5.02 Å².